The lowest BCUT2D eigenvalue weighted by Crippen LogP contribution is -2.52. The minimum absolute atomic E-state index is 0.0299. The zero-order valence-electron chi connectivity index (χ0n) is 11.3. The van der Waals surface area contributed by atoms with Crippen LogP contribution in [0, 0.1) is 0 Å². The van der Waals surface area contributed by atoms with E-state index in [9.17, 15) is 9.90 Å². The Morgan fingerprint density at radius 2 is 2.05 bits per heavy atom. The summed E-state index contributed by atoms with van der Waals surface area (Å²) in [6.07, 6.45) is -3.07. The van der Waals surface area contributed by atoms with E-state index in [1.54, 1.807) is 0 Å². The molecular formula is C10H19N5O6. The number of aliphatic hydroxyl groups is 4. The summed E-state index contributed by atoms with van der Waals surface area (Å²) in [5.41, 5.74) is 5.47. The Labute approximate surface area is 119 Å². The second-order valence-electron chi connectivity index (χ2n) is 4.33. The zero-order valence-corrected chi connectivity index (χ0v) is 11.3. The van der Waals surface area contributed by atoms with Crippen molar-refractivity contribution in [1.82, 2.24) is 20.8 Å². The third-order valence-corrected chi connectivity index (χ3v) is 2.54. The molecule has 0 fully saturated rings. The predicted molar refractivity (Wildman–Crippen MR) is 67.4 cm³/mol. The van der Waals surface area contributed by atoms with E-state index in [2.05, 4.69) is 20.8 Å². The molecule has 3 atom stereocenters. The molecule has 1 aromatic rings. The van der Waals surface area contributed by atoms with Crippen LogP contribution in [-0.4, -0.2) is 61.7 Å². The van der Waals surface area contributed by atoms with Gasteiger partial charge in [0.15, 0.2) is 6.29 Å². The Balaban J connectivity index is 2.47. The number of nitrogens with one attached hydrogen (secondary N) is 2. The van der Waals surface area contributed by atoms with E-state index in [1.165, 1.54) is 6.92 Å². The van der Waals surface area contributed by atoms with Crippen LogP contribution in [0.5, 0.6) is 0 Å². The van der Waals surface area contributed by atoms with Crippen molar-refractivity contribution >= 4 is 6.03 Å². The molecule has 2 amide bonds. The van der Waals surface area contributed by atoms with Crippen LogP contribution in [-0.2, 0) is 6.54 Å². The summed E-state index contributed by atoms with van der Waals surface area (Å²) in [5, 5.41) is 47.7. The molecule has 0 bridgehead atoms. The molecule has 1 rings (SSSR count). The molecule has 0 aromatic carbocycles. The summed E-state index contributed by atoms with van der Waals surface area (Å²) in [4.78, 5) is 11.5. The van der Waals surface area contributed by atoms with Crippen molar-refractivity contribution in [2.45, 2.75) is 37.9 Å². The number of nitrogens with zero attached hydrogens (tertiary/aromatic N) is 2. The lowest BCUT2D eigenvalue weighted by molar-refractivity contribution is -0.0898. The molecule has 120 valence electrons. The maximum atomic E-state index is 11.5. The average Bonchev–Trinajstić information content (AvgIpc) is 2.89. The molecule has 11 nitrogen and oxygen atoms in total. The molecule has 0 aliphatic rings. The van der Waals surface area contributed by atoms with Gasteiger partial charge in [-0.25, -0.2) is 4.79 Å². The second kappa shape index (κ2) is 7.85. The number of aliphatic hydroxyl groups excluding tert-OH is 3. The number of carbonyl (C=O) groups excluding carboxylic acids is 1. The molecule has 8 N–H and O–H groups in total. The topological polar surface area (TPSA) is 187 Å². The van der Waals surface area contributed by atoms with Crippen molar-refractivity contribution in [2.24, 2.45) is 5.73 Å². The third-order valence-electron chi connectivity index (χ3n) is 2.54. The molecule has 0 saturated heterocycles. The quantitative estimate of drug-likeness (QED) is 0.256. The van der Waals surface area contributed by atoms with Crippen LogP contribution in [0.4, 0.5) is 4.79 Å². The second-order valence-corrected chi connectivity index (χ2v) is 4.33. The van der Waals surface area contributed by atoms with Gasteiger partial charge in [-0.1, -0.05) is 0 Å². The smallest absolute Gasteiger partial charge is 0.315 e. The van der Waals surface area contributed by atoms with Gasteiger partial charge in [-0.15, -0.1) is 10.2 Å². The monoisotopic (exact) mass is 305 g/mol. The van der Waals surface area contributed by atoms with Gasteiger partial charge < -0.3 is 41.2 Å². The summed E-state index contributed by atoms with van der Waals surface area (Å²) in [7, 11) is 0. The van der Waals surface area contributed by atoms with E-state index < -0.39 is 30.5 Å². The van der Waals surface area contributed by atoms with Crippen LogP contribution in [0.15, 0.2) is 4.42 Å². The Morgan fingerprint density at radius 1 is 1.38 bits per heavy atom. The van der Waals surface area contributed by atoms with E-state index in [-0.39, 0.29) is 24.9 Å². The van der Waals surface area contributed by atoms with E-state index >= 15 is 0 Å². The molecule has 1 aromatic heterocycles. The predicted octanol–water partition coefficient (Wildman–Crippen LogP) is -3.08. The van der Waals surface area contributed by atoms with Crippen molar-refractivity contribution in [3.05, 3.63) is 11.8 Å². The van der Waals surface area contributed by atoms with E-state index in [0.717, 1.165) is 0 Å². The number of carbonyl (C=O) groups is 1. The lowest BCUT2D eigenvalue weighted by atomic mass is 10.2. The van der Waals surface area contributed by atoms with Gasteiger partial charge in [0.05, 0.1) is 19.3 Å². The number of nitrogens with two attached hydrogens (primary N) is 1. The van der Waals surface area contributed by atoms with Crippen LogP contribution in [0.3, 0.4) is 0 Å². The van der Waals surface area contributed by atoms with Crippen LogP contribution >= 0.6 is 0 Å². The first-order valence-corrected chi connectivity index (χ1v) is 6.12. The fraction of sp³-hybridized carbons (Fsp3) is 0.700. The number of amides is 2. The molecular weight excluding hydrogens is 286 g/mol. The summed E-state index contributed by atoms with van der Waals surface area (Å²) in [6.45, 7) is 0.802. The van der Waals surface area contributed by atoms with E-state index in [4.69, 9.17) is 25.5 Å². The van der Waals surface area contributed by atoms with Gasteiger partial charge in [0.2, 0.25) is 11.8 Å². The molecule has 0 aliphatic heterocycles. The first kappa shape index (κ1) is 17.3. The molecule has 0 saturated carbocycles. The van der Waals surface area contributed by atoms with Crippen LogP contribution < -0.4 is 16.4 Å². The summed E-state index contributed by atoms with van der Waals surface area (Å²) < 4.78 is 5.09. The Bertz CT molecular complexity index is 443. The molecule has 0 spiro atoms. The summed E-state index contributed by atoms with van der Waals surface area (Å²) in [5.74, 6) is 0.0875. The minimum Gasteiger partial charge on any atom is -0.422 e. The fourth-order valence-electron chi connectivity index (χ4n) is 1.37. The van der Waals surface area contributed by atoms with Crippen molar-refractivity contribution in [3.8, 4) is 0 Å². The largest absolute Gasteiger partial charge is 0.422 e. The van der Waals surface area contributed by atoms with Crippen molar-refractivity contribution in [2.75, 3.05) is 6.61 Å². The maximum Gasteiger partial charge on any atom is 0.315 e. The third kappa shape index (κ3) is 5.24. The number of hydrogen-bond acceptors (Lipinski definition) is 9. The lowest BCUT2D eigenvalue weighted by Gasteiger charge is -2.22. The first-order valence-electron chi connectivity index (χ1n) is 6.12. The van der Waals surface area contributed by atoms with Gasteiger partial charge in [0.25, 0.3) is 0 Å². The van der Waals surface area contributed by atoms with Gasteiger partial charge >= 0.3 is 6.03 Å². The van der Waals surface area contributed by atoms with Gasteiger partial charge in [-0.2, -0.15) is 0 Å². The summed E-state index contributed by atoms with van der Waals surface area (Å²) >= 11 is 0. The van der Waals surface area contributed by atoms with E-state index in [0.29, 0.717) is 0 Å². The molecule has 0 radical (unpaired) electrons. The standard InChI is InChI=1S/C10H19N5O6/c1-4(17)7(9(18)19)13-10(20)12-2-6-14-15-8(21-6)5(11)3-16/h4-5,7,9,16-19H,2-3,11H2,1H3,(H2,12,13,20)/t4?,5-,7-/m0/s1. The Kier molecular flexibility index (Phi) is 6.45. The number of aromatic nitrogens is 2. The molecule has 21 heavy (non-hydrogen) atoms. The molecule has 1 heterocycles. The molecule has 1 unspecified atom stereocenters. The normalized spacial score (nSPS) is 15.6. The number of hydrogen-bond donors (Lipinski definition) is 7. The van der Waals surface area contributed by atoms with Gasteiger partial charge in [0.1, 0.15) is 12.1 Å². The fourth-order valence-corrected chi connectivity index (χ4v) is 1.37. The maximum absolute atomic E-state index is 11.5. The van der Waals surface area contributed by atoms with Crippen molar-refractivity contribution in [1.29, 1.82) is 0 Å². The highest BCUT2D eigenvalue weighted by Gasteiger charge is 2.24. The van der Waals surface area contributed by atoms with Crippen LogP contribution in [0.25, 0.3) is 0 Å². The Morgan fingerprint density at radius 3 is 2.57 bits per heavy atom. The SMILES string of the molecule is CC(O)[C@H](NC(=O)NCc1nnc([C@@H](N)CO)o1)C(O)O. The number of urea groups is 1. The summed E-state index contributed by atoms with van der Waals surface area (Å²) in [6, 6.07) is -2.81. The highest BCUT2D eigenvalue weighted by molar-refractivity contribution is 5.74. The van der Waals surface area contributed by atoms with E-state index in [1.807, 2.05) is 0 Å². The highest BCUT2D eigenvalue weighted by Crippen LogP contribution is 2.07. The van der Waals surface area contributed by atoms with Crippen LogP contribution in [0.1, 0.15) is 24.7 Å². The average molecular weight is 305 g/mol. The van der Waals surface area contributed by atoms with Crippen molar-refractivity contribution < 1.29 is 29.6 Å². The van der Waals surface area contributed by atoms with Gasteiger partial charge in [-0.05, 0) is 6.92 Å². The van der Waals surface area contributed by atoms with Crippen molar-refractivity contribution in [3.63, 3.8) is 0 Å². The van der Waals surface area contributed by atoms with Gasteiger partial charge in [0, 0.05) is 0 Å². The molecule has 11 heteroatoms. The van der Waals surface area contributed by atoms with Gasteiger partial charge in [-0.3, -0.25) is 0 Å². The Hall–Kier alpha value is -1.79. The molecule has 0 aliphatic carbocycles. The number of rotatable bonds is 7. The first-order chi connectivity index (χ1) is 9.85. The van der Waals surface area contributed by atoms with Crippen LogP contribution in [0.2, 0.25) is 0 Å². The zero-order chi connectivity index (χ0) is 16.0. The minimum atomic E-state index is -1.91. The highest BCUT2D eigenvalue weighted by atomic mass is 16.5.